The molecule has 4 nitrogen and oxygen atoms in total. The number of carboxylic acid groups (broad SMARTS) is 1. The summed E-state index contributed by atoms with van der Waals surface area (Å²) in [5, 5.41) is 8.98. The van der Waals surface area contributed by atoms with E-state index in [0.29, 0.717) is 6.07 Å². The Morgan fingerprint density at radius 2 is 1.95 bits per heavy atom. The van der Waals surface area contributed by atoms with Crippen molar-refractivity contribution in [1.29, 1.82) is 0 Å². The van der Waals surface area contributed by atoms with Crippen LogP contribution in [0.3, 0.4) is 0 Å². The molecule has 7 heteroatoms. The minimum atomic E-state index is -4.63. The molecule has 98 valence electrons. The fourth-order valence-electron chi connectivity index (χ4n) is 1.51. The van der Waals surface area contributed by atoms with Gasteiger partial charge < -0.3 is 5.11 Å². The van der Waals surface area contributed by atoms with E-state index in [0.717, 1.165) is 6.07 Å². The summed E-state index contributed by atoms with van der Waals surface area (Å²) >= 11 is 0. The standard InChI is InChI=1S/C12H7F3N2O2/c13-12(14,15)9-4-3-8(11(18)19)10(17-9)7-2-1-5-16-6-7/h1-6H,(H,18,19). The van der Waals surface area contributed by atoms with Gasteiger partial charge in [-0.15, -0.1) is 0 Å². The van der Waals surface area contributed by atoms with Crippen LogP contribution >= 0.6 is 0 Å². The molecule has 0 radical (unpaired) electrons. The predicted octanol–water partition coefficient (Wildman–Crippen LogP) is 2.86. The number of halogens is 3. The Labute approximate surface area is 105 Å². The second-order valence-electron chi connectivity index (χ2n) is 3.64. The number of alkyl halides is 3. The van der Waals surface area contributed by atoms with Crippen LogP contribution in [0.5, 0.6) is 0 Å². The van der Waals surface area contributed by atoms with Gasteiger partial charge in [-0.2, -0.15) is 13.2 Å². The smallest absolute Gasteiger partial charge is 0.433 e. The Bertz CT molecular complexity index is 612. The molecule has 2 aromatic rings. The van der Waals surface area contributed by atoms with Crippen molar-refractivity contribution in [3.8, 4) is 11.3 Å². The zero-order valence-corrected chi connectivity index (χ0v) is 9.35. The Hall–Kier alpha value is -2.44. The van der Waals surface area contributed by atoms with Crippen LogP contribution in [0.4, 0.5) is 13.2 Å². The normalized spacial score (nSPS) is 11.3. The van der Waals surface area contributed by atoms with E-state index in [-0.39, 0.29) is 16.8 Å². The molecule has 1 N–H and O–H groups in total. The molecule has 0 saturated heterocycles. The predicted molar refractivity (Wildman–Crippen MR) is 59.4 cm³/mol. The van der Waals surface area contributed by atoms with Crippen molar-refractivity contribution in [3.63, 3.8) is 0 Å². The number of carbonyl (C=O) groups is 1. The molecule has 0 amide bonds. The van der Waals surface area contributed by atoms with Crippen molar-refractivity contribution in [3.05, 3.63) is 47.9 Å². The maximum absolute atomic E-state index is 12.6. The number of nitrogens with zero attached hydrogens (tertiary/aromatic N) is 2. The lowest BCUT2D eigenvalue weighted by molar-refractivity contribution is -0.141. The summed E-state index contributed by atoms with van der Waals surface area (Å²) in [5.41, 5.74) is -1.49. The molecule has 0 aliphatic rings. The first kappa shape index (κ1) is 13.0. The molecule has 0 aromatic carbocycles. The van der Waals surface area contributed by atoms with E-state index in [4.69, 9.17) is 5.11 Å². The quantitative estimate of drug-likeness (QED) is 0.909. The van der Waals surface area contributed by atoms with Gasteiger partial charge in [0, 0.05) is 18.0 Å². The molecule has 0 fully saturated rings. The average molecular weight is 268 g/mol. The highest BCUT2D eigenvalue weighted by molar-refractivity contribution is 5.94. The maximum atomic E-state index is 12.6. The van der Waals surface area contributed by atoms with Crippen LogP contribution in [0.25, 0.3) is 11.3 Å². The molecule has 0 spiro atoms. The second kappa shape index (κ2) is 4.68. The Balaban J connectivity index is 2.65. The van der Waals surface area contributed by atoms with Gasteiger partial charge in [0.2, 0.25) is 0 Å². The summed E-state index contributed by atoms with van der Waals surface area (Å²) in [4.78, 5) is 18.1. The van der Waals surface area contributed by atoms with Gasteiger partial charge >= 0.3 is 12.1 Å². The second-order valence-corrected chi connectivity index (χ2v) is 3.64. The lowest BCUT2D eigenvalue weighted by Gasteiger charge is -2.10. The molecule has 2 aromatic heterocycles. The van der Waals surface area contributed by atoms with Crippen LogP contribution < -0.4 is 0 Å². The highest BCUT2D eigenvalue weighted by Gasteiger charge is 2.33. The number of pyridine rings is 2. The molecule has 0 saturated carbocycles. The topological polar surface area (TPSA) is 63.1 Å². The minimum Gasteiger partial charge on any atom is -0.478 e. The fraction of sp³-hybridized carbons (Fsp3) is 0.0833. The van der Waals surface area contributed by atoms with E-state index < -0.39 is 17.8 Å². The van der Waals surface area contributed by atoms with Gasteiger partial charge in [-0.05, 0) is 24.3 Å². The van der Waals surface area contributed by atoms with Gasteiger partial charge in [0.05, 0.1) is 11.3 Å². The Kier molecular flexibility index (Phi) is 3.20. The molecule has 0 aliphatic carbocycles. The zero-order valence-electron chi connectivity index (χ0n) is 9.35. The molecule has 2 heterocycles. The molecule has 2 rings (SSSR count). The first-order chi connectivity index (χ1) is 8.89. The van der Waals surface area contributed by atoms with Crippen molar-refractivity contribution in [2.45, 2.75) is 6.18 Å². The van der Waals surface area contributed by atoms with Crippen LogP contribution in [0.1, 0.15) is 16.1 Å². The fourth-order valence-corrected chi connectivity index (χ4v) is 1.51. The van der Waals surface area contributed by atoms with E-state index in [2.05, 4.69) is 9.97 Å². The molecular weight excluding hydrogens is 261 g/mol. The van der Waals surface area contributed by atoms with Gasteiger partial charge in [0.15, 0.2) is 0 Å². The van der Waals surface area contributed by atoms with E-state index in [9.17, 15) is 18.0 Å². The molecule has 0 unspecified atom stereocenters. The molecule has 19 heavy (non-hydrogen) atoms. The average Bonchev–Trinajstić information content (AvgIpc) is 2.38. The van der Waals surface area contributed by atoms with Gasteiger partial charge in [-0.3, -0.25) is 4.98 Å². The highest BCUT2D eigenvalue weighted by atomic mass is 19.4. The van der Waals surface area contributed by atoms with E-state index >= 15 is 0 Å². The van der Waals surface area contributed by atoms with Crippen LogP contribution in [0.2, 0.25) is 0 Å². The summed E-state index contributed by atoms with van der Waals surface area (Å²) in [6.07, 6.45) is -1.94. The number of aromatic nitrogens is 2. The van der Waals surface area contributed by atoms with Crippen LogP contribution in [-0.2, 0) is 6.18 Å². The summed E-state index contributed by atoms with van der Waals surface area (Å²) in [5.74, 6) is -1.35. The molecule has 0 atom stereocenters. The van der Waals surface area contributed by atoms with Crippen LogP contribution in [-0.4, -0.2) is 21.0 Å². The number of rotatable bonds is 2. The Morgan fingerprint density at radius 1 is 1.21 bits per heavy atom. The van der Waals surface area contributed by atoms with Gasteiger partial charge in [0.25, 0.3) is 0 Å². The highest BCUT2D eigenvalue weighted by Crippen LogP contribution is 2.30. The van der Waals surface area contributed by atoms with Gasteiger partial charge in [-0.1, -0.05) is 0 Å². The van der Waals surface area contributed by atoms with Gasteiger partial charge in [0.1, 0.15) is 5.69 Å². The Morgan fingerprint density at radius 3 is 2.47 bits per heavy atom. The third-order valence-corrected chi connectivity index (χ3v) is 2.35. The number of hydrogen-bond acceptors (Lipinski definition) is 3. The third kappa shape index (κ3) is 2.70. The van der Waals surface area contributed by atoms with E-state index in [1.54, 1.807) is 0 Å². The maximum Gasteiger partial charge on any atom is 0.433 e. The van der Waals surface area contributed by atoms with Crippen molar-refractivity contribution in [2.24, 2.45) is 0 Å². The SMILES string of the molecule is O=C(O)c1ccc(C(F)(F)F)nc1-c1cccnc1. The number of hydrogen-bond donors (Lipinski definition) is 1. The first-order valence-electron chi connectivity index (χ1n) is 5.11. The number of aromatic carboxylic acids is 1. The van der Waals surface area contributed by atoms with E-state index in [1.165, 1.54) is 24.5 Å². The van der Waals surface area contributed by atoms with Crippen molar-refractivity contribution >= 4 is 5.97 Å². The molecule has 0 bridgehead atoms. The summed E-state index contributed by atoms with van der Waals surface area (Å²) in [6.45, 7) is 0. The summed E-state index contributed by atoms with van der Waals surface area (Å²) in [7, 11) is 0. The monoisotopic (exact) mass is 268 g/mol. The summed E-state index contributed by atoms with van der Waals surface area (Å²) < 4.78 is 37.8. The summed E-state index contributed by atoms with van der Waals surface area (Å²) in [6, 6.07) is 4.47. The molecular formula is C12H7F3N2O2. The van der Waals surface area contributed by atoms with Crippen molar-refractivity contribution in [2.75, 3.05) is 0 Å². The first-order valence-corrected chi connectivity index (χ1v) is 5.11. The number of carboxylic acids is 1. The lowest BCUT2D eigenvalue weighted by atomic mass is 10.1. The largest absolute Gasteiger partial charge is 0.478 e. The van der Waals surface area contributed by atoms with Crippen LogP contribution in [0, 0.1) is 0 Å². The zero-order chi connectivity index (χ0) is 14.0. The van der Waals surface area contributed by atoms with Crippen molar-refractivity contribution in [1.82, 2.24) is 9.97 Å². The van der Waals surface area contributed by atoms with E-state index in [1.807, 2.05) is 0 Å². The van der Waals surface area contributed by atoms with Gasteiger partial charge in [-0.25, -0.2) is 9.78 Å². The third-order valence-electron chi connectivity index (χ3n) is 2.35. The molecule has 0 aliphatic heterocycles. The lowest BCUT2D eigenvalue weighted by Crippen LogP contribution is -2.11. The minimum absolute atomic E-state index is 0.214. The van der Waals surface area contributed by atoms with Crippen LogP contribution in [0.15, 0.2) is 36.7 Å². The van der Waals surface area contributed by atoms with Crippen molar-refractivity contribution < 1.29 is 23.1 Å².